The predicted molar refractivity (Wildman–Crippen MR) is 149 cm³/mol. The molecule has 2 saturated heterocycles. The fourth-order valence-corrected chi connectivity index (χ4v) is 7.71. The molecule has 8 heteroatoms. The Morgan fingerprint density at radius 3 is 2.85 bits per heavy atom. The van der Waals surface area contributed by atoms with Crippen LogP contribution in [0, 0.1) is 40.9 Å². The van der Waals surface area contributed by atoms with Crippen molar-refractivity contribution in [3.63, 3.8) is 0 Å². The summed E-state index contributed by atoms with van der Waals surface area (Å²) in [5.41, 5.74) is 4.60. The normalized spacial score (nSPS) is 28.8. The highest BCUT2D eigenvalue weighted by Crippen LogP contribution is 2.64. The van der Waals surface area contributed by atoms with Gasteiger partial charge in [0.15, 0.2) is 0 Å². The molecule has 2 aliphatic heterocycles. The number of nitriles is 1. The number of phenolic OH excluding ortho intramolecular Hbond substituents is 1. The van der Waals surface area contributed by atoms with Crippen molar-refractivity contribution in [1.82, 2.24) is 20.1 Å². The first kappa shape index (κ1) is 25.0. The van der Waals surface area contributed by atoms with Crippen LogP contribution in [0.3, 0.4) is 0 Å². The Balaban J connectivity index is 1.10. The lowest BCUT2D eigenvalue weighted by Crippen LogP contribution is -2.53. The van der Waals surface area contributed by atoms with E-state index in [9.17, 15) is 14.8 Å². The third-order valence-electron chi connectivity index (χ3n) is 9.51. The number of phenols is 1. The van der Waals surface area contributed by atoms with E-state index in [1.807, 2.05) is 41.4 Å². The molecule has 2 aromatic heterocycles. The fraction of sp³-hybridized carbons (Fsp3) is 0.438. The van der Waals surface area contributed by atoms with Crippen LogP contribution in [0.5, 0.6) is 5.75 Å². The molecule has 0 spiro atoms. The summed E-state index contributed by atoms with van der Waals surface area (Å²) in [6.45, 7) is 3.58. The van der Waals surface area contributed by atoms with Crippen molar-refractivity contribution in [3.05, 3.63) is 65.6 Å². The van der Waals surface area contributed by atoms with Crippen molar-refractivity contribution < 1.29 is 9.50 Å². The molecule has 4 aliphatic rings. The third kappa shape index (κ3) is 4.28. The molecular weight excluding hydrogens is 503 g/mol. The summed E-state index contributed by atoms with van der Waals surface area (Å²) in [7, 11) is 0. The smallest absolute Gasteiger partial charge is 0.131 e. The number of hydrogen-bond acceptors (Lipinski definition) is 7. The van der Waals surface area contributed by atoms with Crippen LogP contribution in [0.25, 0.3) is 11.3 Å². The number of nitrogens with zero attached hydrogens (tertiary/aromatic N) is 6. The van der Waals surface area contributed by atoms with Gasteiger partial charge in [-0.2, -0.15) is 15.5 Å². The number of pyridine rings is 1. The van der Waals surface area contributed by atoms with Crippen LogP contribution in [0.1, 0.15) is 42.6 Å². The Labute approximate surface area is 233 Å². The molecule has 202 valence electrons. The summed E-state index contributed by atoms with van der Waals surface area (Å²) in [6, 6.07) is 15.5. The van der Waals surface area contributed by atoms with Gasteiger partial charge in [-0.15, -0.1) is 0 Å². The quantitative estimate of drug-likeness (QED) is 0.499. The van der Waals surface area contributed by atoms with Gasteiger partial charge >= 0.3 is 0 Å². The topological polar surface area (TPSA) is 89.2 Å². The second-order valence-electron chi connectivity index (χ2n) is 11.9. The summed E-state index contributed by atoms with van der Waals surface area (Å²) in [6.07, 6.45) is 4.96. The van der Waals surface area contributed by atoms with E-state index in [0.29, 0.717) is 59.8 Å². The molecule has 0 amide bonds. The average Bonchev–Trinajstić information content (AvgIpc) is 3.45. The Hall–Kier alpha value is -4.01. The molecule has 3 aromatic rings. The monoisotopic (exact) mass is 534 g/mol. The van der Waals surface area contributed by atoms with E-state index in [1.54, 1.807) is 12.1 Å². The fourth-order valence-electron chi connectivity index (χ4n) is 7.71. The number of fused-ring (bicyclic) bond motifs is 1. The number of anilines is 1. The van der Waals surface area contributed by atoms with Crippen LogP contribution in [-0.2, 0) is 5.41 Å². The summed E-state index contributed by atoms with van der Waals surface area (Å²) in [5.74, 6) is 8.14. The number of likely N-dealkylation sites (tertiary alicyclic amines) is 1. The van der Waals surface area contributed by atoms with Gasteiger partial charge in [0.05, 0.1) is 29.7 Å². The summed E-state index contributed by atoms with van der Waals surface area (Å²) in [5, 5.41) is 28.6. The van der Waals surface area contributed by atoms with Crippen molar-refractivity contribution >= 4 is 5.69 Å². The van der Waals surface area contributed by atoms with E-state index < -0.39 is 6.17 Å². The molecule has 5 atom stereocenters. The van der Waals surface area contributed by atoms with Gasteiger partial charge in [0.2, 0.25) is 0 Å². The lowest BCUT2D eigenvalue weighted by molar-refractivity contribution is 0.0599. The average molecular weight is 535 g/mol. The Morgan fingerprint density at radius 2 is 2.02 bits per heavy atom. The van der Waals surface area contributed by atoms with E-state index in [2.05, 4.69) is 33.0 Å². The molecule has 1 N–H and O–H groups in total. The highest BCUT2D eigenvalue weighted by Gasteiger charge is 2.62. The minimum Gasteiger partial charge on any atom is -0.507 e. The zero-order chi connectivity index (χ0) is 27.3. The van der Waals surface area contributed by atoms with Gasteiger partial charge in [0, 0.05) is 42.9 Å². The SMILES string of the molecule is N#Cc1ccc(C23C[C@@H]4CC2[C@@H](CN(c2cnnc(-c5ccccc5O)c2)C4)C3)nc1C#CCN1CC[C@H](F)C1. The van der Waals surface area contributed by atoms with Gasteiger partial charge in [-0.1, -0.05) is 18.1 Å². The van der Waals surface area contributed by atoms with Crippen molar-refractivity contribution in [1.29, 1.82) is 5.26 Å². The van der Waals surface area contributed by atoms with Crippen LogP contribution in [-0.4, -0.2) is 64.1 Å². The molecule has 2 unspecified atom stereocenters. The van der Waals surface area contributed by atoms with Crippen LogP contribution in [0.4, 0.5) is 10.1 Å². The first-order valence-corrected chi connectivity index (χ1v) is 14.2. The number of benzene rings is 1. The Kier molecular flexibility index (Phi) is 6.17. The lowest BCUT2D eigenvalue weighted by Gasteiger charge is -2.53. The maximum Gasteiger partial charge on any atom is 0.131 e. The van der Waals surface area contributed by atoms with E-state index >= 15 is 0 Å². The summed E-state index contributed by atoms with van der Waals surface area (Å²) >= 11 is 0. The van der Waals surface area contributed by atoms with Gasteiger partial charge in [-0.25, -0.2) is 9.37 Å². The minimum atomic E-state index is -0.764. The minimum absolute atomic E-state index is 0.0553. The van der Waals surface area contributed by atoms with Crippen LogP contribution in [0.15, 0.2) is 48.7 Å². The van der Waals surface area contributed by atoms with Crippen molar-refractivity contribution in [2.75, 3.05) is 37.6 Å². The molecule has 2 saturated carbocycles. The molecule has 7 rings (SSSR count). The van der Waals surface area contributed by atoms with Crippen LogP contribution < -0.4 is 4.90 Å². The molecule has 2 aliphatic carbocycles. The first-order valence-electron chi connectivity index (χ1n) is 14.2. The molecular formula is C32H31FN6O. The number of halogens is 1. The zero-order valence-corrected chi connectivity index (χ0v) is 22.3. The summed E-state index contributed by atoms with van der Waals surface area (Å²) < 4.78 is 13.5. The molecule has 7 nitrogen and oxygen atoms in total. The number of aromatic hydroxyl groups is 1. The standard InChI is InChI=1S/C32H31FN6O/c33-24-9-11-38(20-24)10-3-5-28-22(16-34)7-8-31(36-28)32-14-21-12-27(32)23(15-32)19-39(18-21)25-13-29(37-35-17-25)26-4-1-2-6-30(26)40/h1-2,4,6-8,13,17,21,23-24,27,40H,9-12,14-15,18-20H2/t21-,23+,24-,27?,32?/m0/s1. The lowest BCUT2D eigenvalue weighted by atomic mass is 9.53. The van der Waals surface area contributed by atoms with Gasteiger partial charge in [-0.05, 0) is 79.7 Å². The van der Waals surface area contributed by atoms with Crippen LogP contribution in [0.2, 0.25) is 0 Å². The second-order valence-corrected chi connectivity index (χ2v) is 11.9. The highest BCUT2D eigenvalue weighted by molar-refractivity contribution is 5.69. The van der Waals surface area contributed by atoms with Crippen molar-refractivity contribution in [2.24, 2.45) is 17.8 Å². The van der Waals surface area contributed by atoms with Gasteiger partial charge < -0.3 is 10.0 Å². The van der Waals surface area contributed by atoms with E-state index in [-0.39, 0.29) is 11.2 Å². The largest absolute Gasteiger partial charge is 0.507 e. The van der Waals surface area contributed by atoms with Gasteiger partial charge in [-0.3, -0.25) is 4.90 Å². The van der Waals surface area contributed by atoms with Gasteiger partial charge in [0.25, 0.3) is 0 Å². The van der Waals surface area contributed by atoms with E-state index in [4.69, 9.17) is 4.98 Å². The number of aromatic nitrogens is 3. The Bertz CT molecular complexity index is 1550. The maximum atomic E-state index is 13.5. The predicted octanol–water partition coefficient (Wildman–Crippen LogP) is 4.32. The van der Waals surface area contributed by atoms with Crippen molar-refractivity contribution in [2.45, 2.75) is 37.3 Å². The van der Waals surface area contributed by atoms with Crippen molar-refractivity contribution in [3.8, 4) is 34.9 Å². The number of hydrogen-bond donors (Lipinski definition) is 1. The molecule has 1 aromatic carbocycles. The second kappa shape index (κ2) is 9.87. The zero-order valence-electron chi connectivity index (χ0n) is 22.3. The number of para-hydroxylation sites is 1. The van der Waals surface area contributed by atoms with E-state index in [1.165, 1.54) is 6.42 Å². The molecule has 4 heterocycles. The van der Waals surface area contributed by atoms with Gasteiger partial charge in [0.1, 0.15) is 23.7 Å². The third-order valence-corrected chi connectivity index (χ3v) is 9.51. The maximum absolute atomic E-state index is 13.5. The molecule has 4 fully saturated rings. The number of alkyl halides is 1. The molecule has 40 heavy (non-hydrogen) atoms. The van der Waals surface area contributed by atoms with Crippen LogP contribution >= 0.6 is 0 Å². The van der Waals surface area contributed by atoms with E-state index in [0.717, 1.165) is 43.9 Å². The Morgan fingerprint density at radius 1 is 1.12 bits per heavy atom. The molecule has 2 bridgehead atoms. The summed E-state index contributed by atoms with van der Waals surface area (Å²) in [4.78, 5) is 9.45. The number of rotatable bonds is 4. The molecule has 0 radical (unpaired) electrons. The first-order chi connectivity index (χ1) is 19.5. The highest BCUT2D eigenvalue weighted by atomic mass is 19.1.